The number of aryl methyl sites for hydroxylation is 2. The Balaban J connectivity index is 2.88. The van der Waals surface area contributed by atoms with Gasteiger partial charge in [-0.3, -0.25) is 0 Å². The van der Waals surface area contributed by atoms with Gasteiger partial charge in [0.2, 0.25) is 0 Å². The van der Waals surface area contributed by atoms with Crippen LogP contribution in [0.15, 0.2) is 12.1 Å². The Morgan fingerprint density at radius 3 is 2.20 bits per heavy atom. The summed E-state index contributed by atoms with van der Waals surface area (Å²) >= 11 is 0. The van der Waals surface area contributed by atoms with Gasteiger partial charge in [0.25, 0.3) is 6.43 Å². The molecule has 0 aliphatic carbocycles. The second kappa shape index (κ2) is 5.07. The monoisotopic (exact) mass is 215 g/mol. The van der Waals surface area contributed by atoms with Crippen LogP contribution in [-0.2, 0) is 6.54 Å². The van der Waals surface area contributed by atoms with E-state index in [-0.39, 0.29) is 0 Å². The summed E-state index contributed by atoms with van der Waals surface area (Å²) in [6.45, 7) is 3.53. The normalized spacial score (nSPS) is 10.8. The van der Waals surface area contributed by atoms with Gasteiger partial charge in [0, 0.05) is 6.54 Å². The second-order valence-electron chi connectivity index (χ2n) is 3.46. The molecule has 0 amide bonds. The van der Waals surface area contributed by atoms with Crippen LogP contribution in [0.1, 0.15) is 16.7 Å². The van der Waals surface area contributed by atoms with E-state index in [4.69, 9.17) is 10.5 Å². The number of rotatable bonds is 4. The van der Waals surface area contributed by atoms with E-state index in [0.717, 1.165) is 16.7 Å². The number of hydrogen-bond acceptors (Lipinski definition) is 2. The zero-order chi connectivity index (χ0) is 11.4. The van der Waals surface area contributed by atoms with Crippen LogP contribution in [0.4, 0.5) is 8.78 Å². The third-order valence-electron chi connectivity index (χ3n) is 2.11. The Labute approximate surface area is 88.0 Å². The van der Waals surface area contributed by atoms with Crippen molar-refractivity contribution in [2.45, 2.75) is 26.8 Å². The van der Waals surface area contributed by atoms with Crippen LogP contribution < -0.4 is 10.5 Å². The van der Waals surface area contributed by atoms with Crippen LogP contribution in [0, 0.1) is 13.8 Å². The molecule has 0 fully saturated rings. The van der Waals surface area contributed by atoms with Crippen molar-refractivity contribution < 1.29 is 13.5 Å². The molecule has 0 aliphatic heterocycles. The number of benzene rings is 1. The molecule has 1 aromatic rings. The highest BCUT2D eigenvalue weighted by Gasteiger charge is 2.09. The Morgan fingerprint density at radius 1 is 1.27 bits per heavy atom. The molecule has 1 rings (SSSR count). The molecule has 84 valence electrons. The second-order valence-corrected chi connectivity index (χ2v) is 3.46. The van der Waals surface area contributed by atoms with Crippen LogP contribution in [-0.4, -0.2) is 13.0 Å². The van der Waals surface area contributed by atoms with Gasteiger partial charge in [-0.1, -0.05) is 12.1 Å². The smallest absolute Gasteiger partial charge is 0.272 e. The molecule has 4 heteroatoms. The standard InChI is InChI=1S/C11H15F2NO/c1-7-3-9(5-14)4-8(2)11(7)15-6-10(12)13/h3-4,10H,5-6,14H2,1-2H3. The Morgan fingerprint density at radius 2 is 1.80 bits per heavy atom. The predicted octanol–water partition coefficient (Wildman–Crippen LogP) is 2.41. The number of nitrogens with two attached hydrogens (primary N) is 1. The van der Waals surface area contributed by atoms with Gasteiger partial charge in [0.1, 0.15) is 12.4 Å². The molecule has 0 aromatic heterocycles. The van der Waals surface area contributed by atoms with Crippen LogP contribution in [0.3, 0.4) is 0 Å². The SMILES string of the molecule is Cc1cc(CN)cc(C)c1OCC(F)F. The molecule has 0 unspecified atom stereocenters. The van der Waals surface area contributed by atoms with Crippen LogP contribution in [0.25, 0.3) is 0 Å². The highest BCUT2D eigenvalue weighted by atomic mass is 19.3. The zero-order valence-corrected chi connectivity index (χ0v) is 8.89. The molecule has 2 nitrogen and oxygen atoms in total. The maximum absolute atomic E-state index is 12.0. The molecule has 15 heavy (non-hydrogen) atoms. The van der Waals surface area contributed by atoms with Crippen molar-refractivity contribution in [3.8, 4) is 5.75 Å². The lowest BCUT2D eigenvalue weighted by Crippen LogP contribution is -2.09. The van der Waals surface area contributed by atoms with E-state index >= 15 is 0 Å². The Hall–Kier alpha value is -1.16. The van der Waals surface area contributed by atoms with Crippen molar-refractivity contribution in [1.82, 2.24) is 0 Å². The van der Waals surface area contributed by atoms with Crippen molar-refractivity contribution >= 4 is 0 Å². The molecule has 1 aromatic carbocycles. The third-order valence-corrected chi connectivity index (χ3v) is 2.11. The van der Waals surface area contributed by atoms with E-state index in [1.165, 1.54) is 0 Å². The fourth-order valence-electron chi connectivity index (χ4n) is 1.53. The molecule has 0 saturated heterocycles. The highest BCUT2D eigenvalue weighted by molar-refractivity contribution is 5.43. The van der Waals surface area contributed by atoms with Crippen molar-refractivity contribution in [2.24, 2.45) is 5.73 Å². The van der Waals surface area contributed by atoms with Crippen LogP contribution in [0.5, 0.6) is 5.75 Å². The van der Waals surface area contributed by atoms with Gasteiger partial charge in [-0.25, -0.2) is 8.78 Å². The lowest BCUT2D eigenvalue weighted by Gasteiger charge is -2.13. The van der Waals surface area contributed by atoms with Crippen LogP contribution in [0.2, 0.25) is 0 Å². The first-order chi connectivity index (χ1) is 7.04. The largest absolute Gasteiger partial charge is 0.487 e. The molecule has 0 radical (unpaired) electrons. The predicted molar refractivity (Wildman–Crippen MR) is 55.3 cm³/mol. The van der Waals surface area contributed by atoms with Gasteiger partial charge in [0.15, 0.2) is 0 Å². The number of alkyl halides is 2. The lowest BCUT2D eigenvalue weighted by molar-refractivity contribution is 0.0812. The fourth-order valence-corrected chi connectivity index (χ4v) is 1.53. The first kappa shape index (κ1) is 11.9. The van der Waals surface area contributed by atoms with E-state index in [2.05, 4.69) is 0 Å². The first-order valence-electron chi connectivity index (χ1n) is 4.75. The lowest BCUT2D eigenvalue weighted by atomic mass is 10.1. The Bertz CT molecular complexity index is 316. The maximum Gasteiger partial charge on any atom is 0.272 e. The summed E-state index contributed by atoms with van der Waals surface area (Å²) in [6.07, 6.45) is -2.45. The molecular formula is C11H15F2NO. The topological polar surface area (TPSA) is 35.2 Å². The minimum atomic E-state index is -2.45. The van der Waals surface area contributed by atoms with Gasteiger partial charge >= 0.3 is 0 Å². The Kier molecular flexibility index (Phi) is 4.03. The van der Waals surface area contributed by atoms with Gasteiger partial charge in [0.05, 0.1) is 0 Å². The molecule has 2 N–H and O–H groups in total. The summed E-state index contributed by atoms with van der Waals surface area (Å²) in [5.41, 5.74) is 8.17. The summed E-state index contributed by atoms with van der Waals surface area (Å²) in [6, 6.07) is 3.71. The minimum absolute atomic E-state index is 0.441. The third kappa shape index (κ3) is 3.16. The number of ether oxygens (including phenoxy) is 1. The molecule has 0 aliphatic rings. The summed E-state index contributed by atoms with van der Waals surface area (Å²) < 4.78 is 29.0. The van der Waals surface area contributed by atoms with Crippen molar-refractivity contribution in [3.05, 3.63) is 28.8 Å². The van der Waals surface area contributed by atoms with Crippen molar-refractivity contribution in [3.63, 3.8) is 0 Å². The van der Waals surface area contributed by atoms with E-state index in [0.29, 0.717) is 12.3 Å². The molecule has 0 saturated carbocycles. The molecule has 0 spiro atoms. The number of halogens is 2. The minimum Gasteiger partial charge on any atom is -0.487 e. The molecular weight excluding hydrogens is 200 g/mol. The van der Waals surface area contributed by atoms with Gasteiger partial charge in [-0.05, 0) is 30.5 Å². The highest BCUT2D eigenvalue weighted by Crippen LogP contribution is 2.25. The zero-order valence-electron chi connectivity index (χ0n) is 8.89. The number of hydrogen-bond donors (Lipinski definition) is 1. The van der Waals surface area contributed by atoms with Crippen molar-refractivity contribution in [2.75, 3.05) is 6.61 Å². The quantitative estimate of drug-likeness (QED) is 0.837. The molecule has 0 bridgehead atoms. The van der Waals surface area contributed by atoms with Crippen molar-refractivity contribution in [1.29, 1.82) is 0 Å². The average Bonchev–Trinajstić information content (AvgIpc) is 2.15. The van der Waals surface area contributed by atoms with E-state index in [1.54, 1.807) is 0 Å². The van der Waals surface area contributed by atoms with E-state index in [1.807, 2.05) is 26.0 Å². The van der Waals surface area contributed by atoms with Gasteiger partial charge in [-0.2, -0.15) is 0 Å². The average molecular weight is 215 g/mol. The van der Waals surface area contributed by atoms with E-state index < -0.39 is 13.0 Å². The summed E-state index contributed by atoms with van der Waals surface area (Å²) in [7, 11) is 0. The van der Waals surface area contributed by atoms with E-state index in [9.17, 15) is 8.78 Å². The first-order valence-corrected chi connectivity index (χ1v) is 4.75. The maximum atomic E-state index is 12.0. The summed E-state index contributed by atoms with van der Waals surface area (Å²) in [5, 5.41) is 0. The summed E-state index contributed by atoms with van der Waals surface area (Å²) in [5.74, 6) is 0.535. The fraction of sp³-hybridized carbons (Fsp3) is 0.455. The molecule has 0 heterocycles. The summed E-state index contributed by atoms with van der Waals surface area (Å²) in [4.78, 5) is 0. The van der Waals surface area contributed by atoms with Gasteiger partial charge in [-0.15, -0.1) is 0 Å². The molecule has 0 atom stereocenters. The van der Waals surface area contributed by atoms with Crippen LogP contribution >= 0.6 is 0 Å². The van der Waals surface area contributed by atoms with Gasteiger partial charge < -0.3 is 10.5 Å².